The zero-order chi connectivity index (χ0) is 24.1. The van der Waals surface area contributed by atoms with E-state index in [2.05, 4.69) is 20.0 Å². The number of hydrogen-bond acceptors (Lipinski definition) is 7. The lowest BCUT2D eigenvalue weighted by atomic mass is 10.1. The molecule has 4 rings (SSSR count). The molecular weight excluding hydrogens is 440 g/mol. The highest BCUT2D eigenvalue weighted by molar-refractivity contribution is 6.04. The summed E-state index contributed by atoms with van der Waals surface area (Å²) in [6.45, 7) is 4.88. The zero-order valence-electron chi connectivity index (χ0n) is 18.9. The topological polar surface area (TPSA) is 127 Å². The van der Waals surface area contributed by atoms with Crippen LogP contribution in [0.25, 0.3) is 11.4 Å². The van der Waals surface area contributed by atoms with Crippen LogP contribution in [-0.2, 0) is 19.1 Å². The number of carbonyl (C=O) groups is 2. The third kappa shape index (κ3) is 5.24. The number of morpholine rings is 1. The van der Waals surface area contributed by atoms with Crippen molar-refractivity contribution >= 4 is 23.2 Å². The third-order valence-corrected chi connectivity index (χ3v) is 5.37. The smallest absolute Gasteiger partial charge is 0.365 e. The van der Waals surface area contributed by atoms with Crippen molar-refractivity contribution in [1.29, 1.82) is 0 Å². The molecule has 10 heteroatoms. The molecule has 1 aliphatic heterocycles. The molecule has 34 heavy (non-hydrogen) atoms. The molecule has 0 radical (unpaired) electrons. The number of benzene rings is 2. The molecule has 0 saturated carbocycles. The van der Waals surface area contributed by atoms with Gasteiger partial charge in [0.15, 0.2) is 18.0 Å². The summed E-state index contributed by atoms with van der Waals surface area (Å²) in [5.41, 5.74) is 2.94. The first-order chi connectivity index (χ1) is 16.5. The predicted octanol–water partition coefficient (Wildman–Crippen LogP) is 2.50. The molecule has 1 saturated heterocycles. The van der Waals surface area contributed by atoms with Crippen LogP contribution in [0.3, 0.4) is 0 Å². The molecule has 178 valence electrons. The Morgan fingerprint density at radius 2 is 1.94 bits per heavy atom. The number of nitrogens with one attached hydrogen (secondary N) is 2. The second kappa shape index (κ2) is 10.4. The van der Waals surface area contributed by atoms with E-state index in [0.29, 0.717) is 30.8 Å². The van der Waals surface area contributed by atoms with Crippen molar-refractivity contribution in [2.45, 2.75) is 32.5 Å². The molecule has 2 aromatic carbocycles. The first kappa shape index (κ1) is 23.4. The number of ether oxygens (including phenoxy) is 2. The summed E-state index contributed by atoms with van der Waals surface area (Å²) in [5.74, 6) is -1.18. The highest BCUT2D eigenvalue weighted by atomic mass is 16.5. The number of anilines is 2. The minimum Gasteiger partial charge on any atom is -0.365 e. The van der Waals surface area contributed by atoms with Gasteiger partial charge >= 0.3 is 5.76 Å². The molecule has 1 fully saturated rings. The number of nitrogens with zero attached hydrogens (tertiary/aromatic N) is 2. The maximum atomic E-state index is 13.3. The van der Waals surface area contributed by atoms with Crippen LogP contribution < -0.4 is 16.0 Å². The number of aryl methyl sites for hydroxylation is 1. The number of amides is 2. The van der Waals surface area contributed by atoms with Crippen LogP contribution in [0.5, 0.6) is 0 Å². The normalized spacial score (nSPS) is 16.9. The van der Waals surface area contributed by atoms with Gasteiger partial charge in [-0.05, 0) is 49.7 Å². The van der Waals surface area contributed by atoms with Crippen LogP contribution in [0.2, 0.25) is 0 Å². The van der Waals surface area contributed by atoms with E-state index in [0.717, 1.165) is 11.3 Å². The van der Waals surface area contributed by atoms with Crippen molar-refractivity contribution in [2.24, 2.45) is 0 Å². The summed E-state index contributed by atoms with van der Waals surface area (Å²) >= 11 is 0. The van der Waals surface area contributed by atoms with E-state index in [1.165, 1.54) is 0 Å². The number of hydrogen-bond donors (Lipinski definition) is 2. The van der Waals surface area contributed by atoms with Crippen molar-refractivity contribution in [3.05, 3.63) is 64.6 Å². The van der Waals surface area contributed by atoms with E-state index >= 15 is 0 Å². The van der Waals surface area contributed by atoms with Crippen molar-refractivity contribution in [3.63, 3.8) is 0 Å². The molecule has 2 amide bonds. The Hall–Kier alpha value is -3.76. The largest absolute Gasteiger partial charge is 0.439 e. The van der Waals surface area contributed by atoms with Gasteiger partial charge in [-0.15, -0.1) is 0 Å². The quantitative estimate of drug-likeness (QED) is 0.522. The lowest BCUT2D eigenvalue weighted by molar-refractivity contribution is -0.155. The van der Waals surface area contributed by atoms with Crippen LogP contribution in [0.15, 0.2) is 57.8 Å². The molecule has 0 spiro atoms. The van der Waals surface area contributed by atoms with Gasteiger partial charge in [0, 0.05) is 30.1 Å². The SMILES string of the molecule is CCCOC(C(=O)Nc1ccc(-c2noc(=O)[nH]2)cc1)C1OCCN(c2ccc(C)cc2)C1=O. The van der Waals surface area contributed by atoms with Crippen molar-refractivity contribution in [1.82, 2.24) is 10.1 Å². The molecule has 2 heterocycles. The molecule has 1 aliphatic rings. The van der Waals surface area contributed by atoms with Crippen LogP contribution in [0.1, 0.15) is 18.9 Å². The first-order valence-corrected chi connectivity index (χ1v) is 11.0. The highest BCUT2D eigenvalue weighted by Gasteiger charge is 2.41. The molecule has 1 aromatic heterocycles. The standard InChI is InChI=1S/C24H26N4O6/c1-3-13-32-19(20-23(30)28(12-14-33-20)18-10-4-15(2)5-11-18)22(29)25-17-8-6-16(7-9-17)21-26-24(31)34-27-21/h4-11,19-20H,3,12-14H2,1-2H3,(H,25,29)(H,26,27,31). The van der Waals surface area contributed by atoms with Crippen molar-refractivity contribution in [2.75, 3.05) is 30.0 Å². The van der Waals surface area contributed by atoms with Gasteiger partial charge in [-0.1, -0.05) is 29.8 Å². The summed E-state index contributed by atoms with van der Waals surface area (Å²) in [7, 11) is 0. The van der Waals surface area contributed by atoms with Gasteiger partial charge in [-0.25, -0.2) is 4.79 Å². The fraction of sp³-hybridized carbons (Fsp3) is 0.333. The molecule has 2 N–H and O–H groups in total. The van der Waals surface area contributed by atoms with E-state index in [4.69, 9.17) is 9.47 Å². The minimum absolute atomic E-state index is 0.282. The molecule has 3 aromatic rings. The Morgan fingerprint density at radius 3 is 2.59 bits per heavy atom. The van der Waals surface area contributed by atoms with E-state index in [1.54, 1.807) is 29.2 Å². The second-order valence-electron chi connectivity index (χ2n) is 7.92. The van der Waals surface area contributed by atoms with Crippen LogP contribution >= 0.6 is 0 Å². The van der Waals surface area contributed by atoms with E-state index in [9.17, 15) is 14.4 Å². The number of H-pyrrole nitrogens is 1. The average Bonchev–Trinajstić information content (AvgIpc) is 3.27. The highest BCUT2D eigenvalue weighted by Crippen LogP contribution is 2.23. The van der Waals surface area contributed by atoms with Gasteiger partial charge in [0.05, 0.1) is 6.61 Å². The Balaban J connectivity index is 1.50. The Kier molecular flexibility index (Phi) is 7.19. The number of aromatic nitrogens is 2. The maximum Gasteiger partial charge on any atom is 0.439 e. The monoisotopic (exact) mass is 466 g/mol. The van der Waals surface area contributed by atoms with Crippen molar-refractivity contribution in [3.8, 4) is 11.4 Å². The van der Waals surface area contributed by atoms with Gasteiger partial charge in [-0.2, -0.15) is 0 Å². The van der Waals surface area contributed by atoms with Gasteiger partial charge in [0.25, 0.3) is 11.8 Å². The average molecular weight is 466 g/mol. The number of carbonyl (C=O) groups excluding carboxylic acids is 2. The zero-order valence-corrected chi connectivity index (χ0v) is 18.9. The Bertz CT molecular complexity index is 1190. The van der Waals surface area contributed by atoms with Gasteiger partial charge in [0.2, 0.25) is 0 Å². The van der Waals surface area contributed by atoms with Gasteiger partial charge < -0.3 is 19.7 Å². The lowest BCUT2D eigenvalue weighted by Crippen LogP contribution is -2.56. The minimum atomic E-state index is -1.12. The summed E-state index contributed by atoms with van der Waals surface area (Å²) in [6, 6.07) is 14.3. The number of rotatable bonds is 8. The first-order valence-electron chi connectivity index (χ1n) is 11.0. The van der Waals surface area contributed by atoms with Crippen LogP contribution in [0.4, 0.5) is 11.4 Å². The maximum absolute atomic E-state index is 13.3. The van der Waals surface area contributed by atoms with Crippen molar-refractivity contribution < 1.29 is 23.6 Å². The molecule has 0 bridgehead atoms. The van der Waals surface area contributed by atoms with E-state index < -0.39 is 23.9 Å². The molecular formula is C24H26N4O6. The van der Waals surface area contributed by atoms with Gasteiger partial charge in [-0.3, -0.25) is 19.1 Å². The van der Waals surface area contributed by atoms with Gasteiger partial charge in [0.1, 0.15) is 0 Å². The van der Waals surface area contributed by atoms with E-state index in [1.807, 2.05) is 38.1 Å². The summed E-state index contributed by atoms with van der Waals surface area (Å²) < 4.78 is 16.0. The molecule has 0 aliphatic carbocycles. The van der Waals surface area contributed by atoms with Crippen LogP contribution in [0, 0.1) is 6.92 Å². The third-order valence-electron chi connectivity index (χ3n) is 5.37. The van der Waals surface area contributed by atoms with Crippen LogP contribution in [-0.4, -0.2) is 53.9 Å². The summed E-state index contributed by atoms with van der Waals surface area (Å²) in [6.07, 6.45) is -1.51. The van der Waals surface area contributed by atoms with E-state index in [-0.39, 0.29) is 18.3 Å². The fourth-order valence-corrected chi connectivity index (χ4v) is 3.63. The predicted molar refractivity (Wildman–Crippen MR) is 124 cm³/mol. The Labute approximate surface area is 195 Å². The lowest BCUT2D eigenvalue weighted by Gasteiger charge is -2.35. The molecule has 2 unspecified atom stereocenters. The molecule has 10 nitrogen and oxygen atoms in total. The summed E-state index contributed by atoms with van der Waals surface area (Å²) in [5, 5.41) is 6.42. The second-order valence-corrected chi connectivity index (χ2v) is 7.92. The molecule has 2 atom stereocenters. The summed E-state index contributed by atoms with van der Waals surface area (Å²) in [4.78, 5) is 41.6. The Morgan fingerprint density at radius 1 is 1.21 bits per heavy atom. The fourth-order valence-electron chi connectivity index (χ4n) is 3.63. The number of aromatic amines is 1.